The summed E-state index contributed by atoms with van der Waals surface area (Å²) < 4.78 is 38.6. The van der Waals surface area contributed by atoms with E-state index in [0.29, 0.717) is 12.3 Å². The van der Waals surface area contributed by atoms with Gasteiger partial charge in [-0.15, -0.1) is 11.3 Å². The molecule has 12 heteroatoms. The summed E-state index contributed by atoms with van der Waals surface area (Å²) in [5.74, 6) is 1.60. The topological polar surface area (TPSA) is 90.7 Å². The number of hydrogen-bond donors (Lipinski definition) is 3. The van der Waals surface area contributed by atoms with Gasteiger partial charge in [0.2, 0.25) is 0 Å². The number of nitrogens with one attached hydrogen (secondary N) is 2. The number of alkyl halides is 3. The van der Waals surface area contributed by atoms with E-state index in [0.717, 1.165) is 30.6 Å². The van der Waals surface area contributed by atoms with Gasteiger partial charge in [0, 0.05) is 40.9 Å². The van der Waals surface area contributed by atoms with Crippen LogP contribution in [0.25, 0.3) is 0 Å². The molecular formula is C22H29F3N4O3S2. The second-order valence-electron chi connectivity index (χ2n) is 7.88. The molecule has 0 amide bonds. The number of aryl methyl sites for hydroxylation is 1. The number of aliphatic hydroxyl groups is 1. The van der Waals surface area contributed by atoms with Crippen LogP contribution in [0.3, 0.4) is 0 Å². The number of thiophene rings is 1. The average Bonchev–Trinajstić information content (AvgIpc) is 3.08. The molecule has 1 unspecified atom stereocenters. The SMILES string of the molecule is Cc1cc(CSCCNC(=C[N+](=O)[O-])NCC(O)c2cccc(C(F)(F)F)c2)sc1CN(C)C. The highest BCUT2D eigenvalue weighted by atomic mass is 32.2. The molecule has 0 saturated heterocycles. The zero-order chi connectivity index (χ0) is 25.3. The molecule has 2 rings (SSSR count). The molecule has 1 aromatic heterocycles. The molecule has 34 heavy (non-hydrogen) atoms. The summed E-state index contributed by atoms with van der Waals surface area (Å²) in [6.07, 6.45) is -5.05. The summed E-state index contributed by atoms with van der Waals surface area (Å²) in [6.45, 7) is 3.24. The van der Waals surface area contributed by atoms with Gasteiger partial charge in [0.15, 0.2) is 5.82 Å². The third kappa shape index (κ3) is 9.53. The largest absolute Gasteiger partial charge is 0.416 e. The number of nitrogens with zero attached hydrogens (tertiary/aromatic N) is 2. The normalized spacial score (nSPS) is 13.2. The number of benzene rings is 1. The van der Waals surface area contributed by atoms with Gasteiger partial charge in [0.1, 0.15) is 0 Å². The number of aliphatic hydroxyl groups excluding tert-OH is 1. The van der Waals surface area contributed by atoms with Crippen molar-refractivity contribution in [3.63, 3.8) is 0 Å². The minimum atomic E-state index is -4.52. The van der Waals surface area contributed by atoms with Crippen molar-refractivity contribution in [3.05, 3.63) is 78.9 Å². The fourth-order valence-electron chi connectivity index (χ4n) is 3.04. The zero-order valence-corrected chi connectivity index (χ0v) is 20.8. The number of hydrogen-bond acceptors (Lipinski definition) is 8. The average molecular weight is 519 g/mol. The van der Waals surface area contributed by atoms with Gasteiger partial charge < -0.3 is 20.6 Å². The standard InChI is InChI=1S/C22H29F3N4O3S2/c1-15-9-18(34-20(15)12-28(2)3)14-33-8-7-26-21(13-29(31)32)27-11-19(30)16-5-4-6-17(10-16)22(23,24)25/h4-6,9-10,13,19,26-27,30H,7-8,11-12,14H2,1-3H3. The molecule has 0 fully saturated rings. The van der Waals surface area contributed by atoms with Gasteiger partial charge in [-0.3, -0.25) is 10.1 Å². The van der Waals surface area contributed by atoms with Gasteiger partial charge in [-0.25, -0.2) is 0 Å². The third-order valence-electron chi connectivity index (χ3n) is 4.66. The summed E-state index contributed by atoms with van der Waals surface area (Å²) in [6, 6.07) is 6.55. The fourth-order valence-corrected chi connectivity index (χ4v) is 5.30. The van der Waals surface area contributed by atoms with Crippen LogP contribution in [-0.2, 0) is 18.5 Å². The Labute approximate surface area is 205 Å². The van der Waals surface area contributed by atoms with Gasteiger partial charge in [-0.2, -0.15) is 24.9 Å². The monoisotopic (exact) mass is 518 g/mol. The Morgan fingerprint density at radius 2 is 2.06 bits per heavy atom. The number of thioether (sulfide) groups is 1. The van der Waals surface area contributed by atoms with Crippen molar-refractivity contribution >= 4 is 23.1 Å². The number of rotatable bonds is 13. The highest BCUT2D eigenvalue weighted by molar-refractivity contribution is 7.98. The van der Waals surface area contributed by atoms with Gasteiger partial charge >= 0.3 is 6.18 Å². The maximum Gasteiger partial charge on any atom is 0.416 e. The Balaban J connectivity index is 1.83. The van der Waals surface area contributed by atoms with Crippen molar-refractivity contribution in [2.75, 3.05) is 32.9 Å². The highest BCUT2D eigenvalue weighted by Crippen LogP contribution is 2.30. The van der Waals surface area contributed by atoms with Gasteiger partial charge in [-0.05, 0) is 50.3 Å². The maximum atomic E-state index is 12.9. The first kappa shape index (κ1) is 28.0. The predicted molar refractivity (Wildman–Crippen MR) is 130 cm³/mol. The molecule has 0 spiro atoms. The van der Waals surface area contributed by atoms with E-state index >= 15 is 0 Å². The Morgan fingerprint density at radius 3 is 2.71 bits per heavy atom. The molecular weight excluding hydrogens is 489 g/mol. The summed E-state index contributed by atoms with van der Waals surface area (Å²) in [5.41, 5.74) is 0.473. The summed E-state index contributed by atoms with van der Waals surface area (Å²) in [7, 11) is 4.06. The molecule has 0 saturated carbocycles. The predicted octanol–water partition coefficient (Wildman–Crippen LogP) is 4.36. The first-order valence-corrected chi connectivity index (χ1v) is 12.4. The Morgan fingerprint density at radius 1 is 1.32 bits per heavy atom. The Kier molecular flexibility index (Phi) is 10.7. The Bertz CT molecular complexity index is 981. The molecule has 1 aromatic carbocycles. The van der Waals surface area contributed by atoms with Crippen LogP contribution in [0.1, 0.15) is 32.5 Å². The molecule has 0 radical (unpaired) electrons. The van der Waals surface area contributed by atoms with E-state index in [1.165, 1.54) is 27.5 Å². The minimum absolute atomic E-state index is 0.0678. The lowest BCUT2D eigenvalue weighted by Crippen LogP contribution is -2.32. The van der Waals surface area contributed by atoms with E-state index in [9.17, 15) is 28.4 Å². The van der Waals surface area contributed by atoms with Crippen LogP contribution >= 0.6 is 23.1 Å². The highest BCUT2D eigenvalue weighted by Gasteiger charge is 2.30. The molecule has 0 bridgehead atoms. The van der Waals surface area contributed by atoms with E-state index in [4.69, 9.17) is 0 Å². The van der Waals surface area contributed by atoms with E-state index in [2.05, 4.69) is 28.5 Å². The van der Waals surface area contributed by atoms with Crippen molar-refractivity contribution < 1.29 is 23.2 Å². The quantitative estimate of drug-likeness (QED) is 0.206. The summed E-state index contributed by atoms with van der Waals surface area (Å²) in [4.78, 5) is 15.0. The maximum absolute atomic E-state index is 12.9. The first-order valence-electron chi connectivity index (χ1n) is 10.4. The van der Waals surface area contributed by atoms with Gasteiger partial charge in [0.05, 0.1) is 16.6 Å². The third-order valence-corrected chi connectivity index (χ3v) is 7.07. The van der Waals surface area contributed by atoms with Crippen LogP contribution in [0.5, 0.6) is 0 Å². The molecule has 3 N–H and O–H groups in total. The minimum Gasteiger partial charge on any atom is -0.387 e. The molecule has 188 valence electrons. The van der Waals surface area contributed by atoms with E-state index in [1.807, 2.05) is 14.1 Å². The van der Waals surface area contributed by atoms with Crippen LogP contribution < -0.4 is 10.6 Å². The van der Waals surface area contributed by atoms with Crippen molar-refractivity contribution in [2.24, 2.45) is 0 Å². The second kappa shape index (κ2) is 13.0. The first-order chi connectivity index (χ1) is 16.0. The number of halogens is 3. The Hall–Kier alpha value is -2.28. The van der Waals surface area contributed by atoms with E-state index < -0.39 is 22.8 Å². The lowest BCUT2D eigenvalue weighted by atomic mass is 10.1. The summed E-state index contributed by atoms with van der Waals surface area (Å²) >= 11 is 3.46. The second-order valence-corrected chi connectivity index (χ2v) is 10.2. The van der Waals surface area contributed by atoms with Gasteiger partial charge in [0.25, 0.3) is 6.20 Å². The molecule has 2 aromatic rings. The van der Waals surface area contributed by atoms with Crippen LogP contribution in [0.15, 0.2) is 42.4 Å². The fraction of sp³-hybridized carbons (Fsp3) is 0.455. The van der Waals surface area contributed by atoms with E-state index in [-0.39, 0.29) is 17.9 Å². The van der Waals surface area contributed by atoms with Crippen molar-refractivity contribution in [3.8, 4) is 0 Å². The van der Waals surface area contributed by atoms with Crippen molar-refractivity contribution in [1.29, 1.82) is 0 Å². The van der Waals surface area contributed by atoms with Crippen LogP contribution in [0, 0.1) is 17.0 Å². The smallest absolute Gasteiger partial charge is 0.387 e. The molecule has 0 aliphatic rings. The van der Waals surface area contributed by atoms with Crippen LogP contribution in [-0.4, -0.2) is 47.9 Å². The molecule has 1 heterocycles. The molecule has 7 nitrogen and oxygen atoms in total. The lowest BCUT2D eigenvalue weighted by molar-refractivity contribution is -0.404. The zero-order valence-electron chi connectivity index (χ0n) is 19.2. The molecule has 0 aliphatic heterocycles. The van der Waals surface area contributed by atoms with Crippen molar-refractivity contribution in [1.82, 2.24) is 15.5 Å². The lowest BCUT2D eigenvalue weighted by Gasteiger charge is -2.16. The molecule has 1 atom stereocenters. The van der Waals surface area contributed by atoms with Crippen molar-refractivity contribution in [2.45, 2.75) is 31.5 Å². The van der Waals surface area contributed by atoms with E-state index in [1.54, 1.807) is 23.1 Å². The van der Waals surface area contributed by atoms with Crippen LogP contribution in [0.4, 0.5) is 13.2 Å². The number of nitro groups is 1. The molecule has 0 aliphatic carbocycles. The van der Waals surface area contributed by atoms with Crippen LogP contribution in [0.2, 0.25) is 0 Å². The summed E-state index contributed by atoms with van der Waals surface area (Å²) in [5, 5.41) is 26.8. The van der Waals surface area contributed by atoms with Gasteiger partial charge in [-0.1, -0.05) is 12.1 Å².